The van der Waals surface area contributed by atoms with Crippen LogP contribution in [0.25, 0.3) is 0 Å². The summed E-state index contributed by atoms with van der Waals surface area (Å²) in [5.41, 5.74) is 2.82. The maximum atomic E-state index is 14.5. The van der Waals surface area contributed by atoms with E-state index in [1.165, 1.54) is 24.1 Å². The van der Waals surface area contributed by atoms with Gasteiger partial charge in [0.05, 0.1) is 17.7 Å². The third kappa shape index (κ3) is 8.73. The fraction of sp³-hybridized carbons (Fsp3) is 0.278. The van der Waals surface area contributed by atoms with Crippen molar-refractivity contribution in [3.05, 3.63) is 126 Å². The van der Waals surface area contributed by atoms with Crippen molar-refractivity contribution in [2.75, 3.05) is 24.5 Å². The summed E-state index contributed by atoms with van der Waals surface area (Å²) in [5.74, 6) is -0.512. The van der Waals surface area contributed by atoms with Crippen molar-refractivity contribution in [1.82, 2.24) is 10.2 Å². The van der Waals surface area contributed by atoms with Gasteiger partial charge in [0.1, 0.15) is 18.3 Å². The van der Waals surface area contributed by atoms with Gasteiger partial charge in [-0.05, 0) is 48.7 Å². The van der Waals surface area contributed by atoms with Crippen molar-refractivity contribution in [2.45, 2.75) is 50.6 Å². The SMILES string of the molecule is CCCCNC(=O)[C@H](Cc1ccccc1)N(Cc1ccccc1)C(=O)CN(c1ccccc1OC)S(=O)(=O)c1ccc(C)cc1. The number of hydrogen-bond acceptors (Lipinski definition) is 5. The molecule has 0 aliphatic rings. The van der Waals surface area contributed by atoms with Gasteiger partial charge in [-0.1, -0.05) is 104 Å². The smallest absolute Gasteiger partial charge is 0.264 e. The molecule has 0 heterocycles. The standard InChI is InChI=1S/C36H41N3O5S/c1-4-5-24-37-36(41)33(25-29-14-8-6-9-15-29)38(26-30-16-10-7-11-17-30)35(40)27-39(32-18-12-13-19-34(32)44-3)45(42,43)31-22-20-28(2)21-23-31/h6-23,33H,4-5,24-27H2,1-3H3,(H,37,41)/t33-/m0/s1. The number of para-hydroxylation sites is 2. The lowest BCUT2D eigenvalue weighted by Gasteiger charge is -2.34. The Balaban J connectivity index is 1.80. The molecule has 1 N–H and O–H groups in total. The van der Waals surface area contributed by atoms with Gasteiger partial charge < -0.3 is 15.0 Å². The molecule has 0 saturated heterocycles. The Hall–Kier alpha value is -4.63. The molecule has 1 atom stereocenters. The Morgan fingerprint density at radius 3 is 2.04 bits per heavy atom. The highest BCUT2D eigenvalue weighted by Gasteiger charge is 2.35. The van der Waals surface area contributed by atoms with Crippen molar-refractivity contribution in [1.29, 1.82) is 0 Å². The molecule has 0 radical (unpaired) electrons. The minimum atomic E-state index is -4.22. The summed E-state index contributed by atoms with van der Waals surface area (Å²) in [4.78, 5) is 29.9. The molecule has 0 unspecified atom stereocenters. The Morgan fingerprint density at radius 1 is 0.822 bits per heavy atom. The van der Waals surface area contributed by atoms with Gasteiger partial charge in [-0.15, -0.1) is 0 Å². The van der Waals surface area contributed by atoms with Gasteiger partial charge in [0.2, 0.25) is 11.8 Å². The van der Waals surface area contributed by atoms with Gasteiger partial charge in [-0.2, -0.15) is 0 Å². The molecule has 8 nitrogen and oxygen atoms in total. The third-order valence-electron chi connectivity index (χ3n) is 7.54. The summed E-state index contributed by atoms with van der Waals surface area (Å²) < 4.78 is 35.0. The number of methoxy groups -OCH3 is 1. The van der Waals surface area contributed by atoms with Crippen molar-refractivity contribution in [2.24, 2.45) is 0 Å². The first-order chi connectivity index (χ1) is 21.7. The summed E-state index contributed by atoms with van der Waals surface area (Å²) in [5, 5.41) is 3.00. The molecule has 0 aliphatic carbocycles. The Labute approximate surface area is 266 Å². The topological polar surface area (TPSA) is 96.0 Å². The number of unbranched alkanes of at least 4 members (excludes halogenated alkanes) is 1. The number of nitrogens with one attached hydrogen (secondary N) is 1. The van der Waals surface area contributed by atoms with Crippen molar-refractivity contribution in [3.63, 3.8) is 0 Å². The number of benzene rings is 4. The van der Waals surface area contributed by atoms with Crippen LogP contribution in [0.2, 0.25) is 0 Å². The van der Waals surface area contributed by atoms with E-state index in [0.29, 0.717) is 12.3 Å². The lowest BCUT2D eigenvalue weighted by Crippen LogP contribution is -2.53. The van der Waals surface area contributed by atoms with E-state index in [2.05, 4.69) is 5.32 Å². The molecule has 9 heteroatoms. The van der Waals surface area contributed by atoms with Crippen LogP contribution in [0.1, 0.15) is 36.5 Å². The molecular weight excluding hydrogens is 586 g/mol. The minimum absolute atomic E-state index is 0.0413. The van der Waals surface area contributed by atoms with Crippen molar-refractivity contribution >= 4 is 27.5 Å². The van der Waals surface area contributed by atoms with Gasteiger partial charge in [0, 0.05) is 19.5 Å². The molecule has 0 saturated carbocycles. The predicted molar refractivity (Wildman–Crippen MR) is 178 cm³/mol. The number of ether oxygens (including phenoxy) is 1. The second kappa shape index (κ2) is 15.9. The molecule has 0 aliphatic heterocycles. The van der Waals surface area contributed by atoms with E-state index in [1.54, 1.807) is 36.4 Å². The highest BCUT2D eigenvalue weighted by molar-refractivity contribution is 7.92. The zero-order chi connectivity index (χ0) is 32.2. The van der Waals surface area contributed by atoms with E-state index in [9.17, 15) is 18.0 Å². The molecule has 4 rings (SSSR count). The third-order valence-corrected chi connectivity index (χ3v) is 9.31. The van der Waals surface area contributed by atoms with Crippen molar-refractivity contribution in [3.8, 4) is 5.75 Å². The minimum Gasteiger partial charge on any atom is -0.495 e. The summed E-state index contributed by atoms with van der Waals surface area (Å²) in [6.07, 6.45) is 1.96. The average molecular weight is 628 g/mol. The van der Waals surface area contributed by atoms with Crippen LogP contribution >= 0.6 is 0 Å². The molecule has 45 heavy (non-hydrogen) atoms. The number of amides is 2. The first kappa shape index (κ1) is 33.3. The van der Waals surface area contributed by atoms with Gasteiger partial charge in [-0.25, -0.2) is 8.42 Å². The fourth-order valence-electron chi connectivity index (χ4n) is 5.03. The molecular formula is C36H41N3O5S. The number of hydrogen-bond donors (Lipinski definition) is 1. The zero-order valence-corrected chi connectivity index (χ0v) is 26.9. The summed E-state index contributed by atoms with van der Waals surface area (Å²) in [7, 11) is -2.77. The van der Waals surface area contributed by atoms with E-state index in [-0.39, 0.29) is 29.5 Å². The normalized spacial score (nSPS) is 11.8. The van der Waals surface area contributed by atoms with Crippen LogP contribution < -0.4 is 14.4 Å². The number of carbonyl (C=O) groups is 2. The van der Waals surface area contributed by atoms with Crippen LogP contribution in [0.15, 0.2) is 114 Å². The lowest BCUT2D eigenvalue weighted by molar-refractivity contribution is -0.140. The quantitative estimate of drug-likeness (QED) is 0.169. The summed E-state index contributed by atoms with van der Waals surface area (Å²) >= 11 is 0. The number of anilines is 1. The maximum absolute atomic E-state index is 14.5. The fourth-order valence-corrected chi connectivity index (χ4v) is 6.45. The van der Waals surface area contributed by atoms with Crippen LogP contribution in [0, 0.1) is 6.92 Å². The van der Waals surface area contributed by atoms with Crippen LogP contribution in [0.3, 0.4) is 0 Å². The van der Waals surface area contributed by atoms with Crippen molar-refractivity contribution < 1.29 is 22.7 Å². The van der Waals surface area contributed by atoms with E-state index in [4.69, 9.17) is 4.74 Å². The highest BCUT2D eigenvalue weighted by atomic mass is 32.2. The largest absolute Gasteiger partial charge is 0.495 e. The van der Waals surface area contributed by atoms with E-state index in [0.717, 1.165) is 33.8 Å². The molecule has 0 aromatic heterocycles. The van der Waals surface area contributed by atoms with E-state index in [1.807, 2.05) is 74.5 Å². The molecule has 0 fully saturated rings. The van der Waals surface area contributed by atoms with Crippen LogP contribution in [-0.2, 0) is 32.6 Å². The average Bonchev–Trinajstić information content (AvgIpc) is 3.06. The van der Waals surface area contributed by atoms with E-state index >= 15 is 0 Å². The lowest BCUT2D eigenvalue weighted by atomic mass is 10.0. The van der Waals surface area contributed by atoms with Gasteiger partial charge >= 0.3 is 0 Å². The van der Waals surface area contributed by atoms with Gasteiger partial charge in [-0.3, -0.25) is 13.9 Å². The van der Waals surface area contributed by atoms with Crippen LogP contribution in [0.4, 0.5) is 5.69 Å². The molecule has 236 valence electrons. The Morgan fingerprint density at radius 2 is 1.42 bits per heavy atom. The molecule has 2 amide bonds. The zero-order valence-electron chi connectivity index (χ0n) is 26.1. The summed E-state index contributed by atoms with van der Waals surface area (Å²) in [6.45, 7) is 3.96. The molecule has 4 aromatic carbocycles. The Bertz CT molecular complexity index is 1650. The van der Waals surface area contributed by atoms with Gasteiger partial charge in [0.25, 0.3) is 10.0 Å². The number of carbonyl (C=O) groups excluding carboxylic acids is 2. The van der Waals surface area contributed by atoms with Gasteiger partial charge in [0.15, 0.2) is 0 Å². The molecule has 0 spiro atoms. The first-order valence-corrected chi connectivity index (χ1v) is 16.6. The second-order valence-corrected chi connectivity index (χ2v) is 12.7. The number of rotatable bonds is 15. The maximum Gasteiger partial charge on any atom is 0.264 e. The number of nitrogens with zero attached hydrogens (tertiary/aromatic N) is 2. The van der Waals surface area contributed by atoms with E-state index < -0.39 is 28.5 Å². The number of aryl methyl sites for hydroxylation is 1. The Kier molecular flexibility index (Phi) is 11.8. The van der Waals surface area contributed by atoms with Crippen LogP contribution in [0.5, 0.6) is 5.75 Å². The number of sulfonamides is 1. The second-order valence-electron chi connectivity index (χ2n) is 10.9. The first-order valence-electron chi connectivity index (χ1n) is 15.1. The van der Waals surface area contributed by atoms with Crippen LogP contribution in [-0.4, -0.2) is 51.4 Å². The molecule has 4 aromatic rings. The molecule has 0 bridgehead atoms. The summed E-state index contributed by atoms with van der Waals surface area (Å²) in [6, 6.07) is 31.2. The predicted octanol–water partition coefficient (Wildman–Crippen LogP) is 5.76. The monoisotopic (exact) mass is 627 g/mol. The highest BCUT2D eigenvalue weighted by Crippen LogP contribution is 2.32.